The van der Waals surface area contributed by atoms with Gasteiger partial charge in [-0.15, -0.1) is 10.2 Å². The van der Waals surface area contributed by atoms with Crippen molar-refractivity contribution in [3.05, 3.63) is 29.5 Å². The summed E-state index contributed by atoms with van der Waals surface area (Å²) in [4.78, 5) is 17.0. The standard InChI is InChI=1S/C18H20F3N5O3/c1-10-16(13-5-4-11(7-14(13)27)18(19,20)21)24-25-17(22-10)23-12-3-2-6-26(8-12)9-15(28)29/h4-5,7,12,27H,2-3,6,8-9H2,1H3,(H,28,29)(H,22,23,25). The van der Waals surface area contributed by atoms with Crippen molar-refractivity contribution in [1.82, 2.24) is 20.1 Å². The Morgan fingerprint density at radius 3 is 2.72 bits per heavy atom. The molecule has 156 valence electrons. The lowest BCUT2D eigenvalue weighted by molar-refractivity contribution is -0.139. The number of likely N-dealkylation sites (tertiary alicyclic amines) is 1. The third-order valence-corrected chi connectivity index (χ3v) is 4.64. The number of piperidine rings is 1. The van der Waals surface area contributed by atoms with Crippen LogP contribution in [0.15, 0.2) is 18.2 Å². The number of aromatic nitrogens is 3. The molecule has 0 aliphatic carbocycles. The van der Waals surface area contributed by atoms with E-state index in [0.29, 0.717) is 24.8 Å². The molecular weight excluding hydrogens is 391 g/mol. The van der Waals surface area contributed by atoms with Gasteiger partial charge in [0.25, 0.3) is 0 Å². The zero-order valence-corrected chi connectivity index (χ0v) is 15.6. The maximum Gasteiger partial charge on any atom is 0.416 e. The molecular formula is C18H20F3N5O3. The number of aryl methyl sites for hydroxylation is 1. The fourth-order valence-electron chi connectivity index (χ4n) is 3.31. The average molecular weight is 411 g/mol. The minimum absolute atomic E-state index is 0.0392. The van der Waals surface area contributed by atoms with E-state index in [1.807, 2.05) is 4.90 Å². The molecule has 1 saturated heterocycles. The Labute approximate surface area is 164 Å². The number of benzene rings is 1. The molecule has 3 N–H and O–H groups in total. The molecule has 1 fully saturated rings. The second-order valence-corrected chi connectivity index (χ2v) is 6.91. The van der Waals surface area contributed by atoms with Gasteiger partial charge in [-0.05, 0) is 44.5 Å². The van der Waals surface area contributed by atoms with Gasteiger partial charge < -0.3 is 15.5 Å². The van der Waals surface area contributed by atoms with Crippen molar-refractivity contribution in [3.63, 3.8) is 0 Å². The topological polar surface area (TPSA) is 111 Å². The van der Waals surface area contributed by atoms with Crippen LogP contribution < -0.4 is 5.32 Å². The zero-order chi connectivity index (χ0) is 21.2. The summed E-state index contributed by atoms with van der Waals surface area (Å²) in [5, 5.41) is 30.0. The lowest BCUT2D eigenvalue weighted by atomic mass is 10.1. The van der Waals surface area contributed by atoms with E-state index in [1.165, 1.54) is 0 Å². The van der Waals surface area contributed by atoms with Gasteiger partial charge in [0.2, 0.25) is 5.95 Å². The van der Waals surface area contributed by atoms with Crippen molar-refractivity contribution >= 4 is 11.9 Å². The number of carbonyl (C=O) groups is 1. The molecule has 1 aromatic heterocycles. The third kappa shape index (κ3) is 5.11. The van der Waals surface area contributed by atoms with Crippen LogP contribution in [0.25, 0.3) is 11.3 Å². The van der Waals surface area contributed by atoms with Gasteiger partial charge in [-0.3, -0.25) is 9.69 Å². The molecule has 1 aliphatic heterocycles. The van der Waals surface area contributed by atoms with Gasteiger partial charge in [-0.1, -0.05) is 0 Å². The largest absolute Gasteiger partial charge is 0.507 e. The maximum atomic E-state index is 12.8. The maximum absolute atomic E-state index is 12.8. The monoisotopic (exact) mass is 411 g/mol. The molecule has 0 amide bonds. The molecule has 1 atom stereocenters. The number of rotatable bonds is 5. The van der Waals surface area contributed by atoms with Crippen LogP contribution in [-0.2, 0) is 11.0 Å². The molecule has 1 aliphatic rings. The summed E-state index contributed by atoms with van der Waals surface area (Å²) >= 11 is 0. The van der Waals surface area contributed by atoms with E-state index in [1.54, 1.807) is 6.92 Å². The Morgan fingerprint density at radius 1 is 1.34 bits per heavy atom. The van der Waals surface area contributed by atoms with Crippen LogP contribution in [-0.4, -0.2) is 61.9 Å². The zero-order valence-electron chi connectivity index (χ0n) is 15.6. The van der Waals surface area contributed by atoms with Crippen LogP contribution in [0.3, 0.4) is 0 Å². The number of hydrogen-bond donors (Lipinski definition) is 3. The molecule has 0 saturated carbocycles. The van der Waals surface area contributed by atoms with E-state index in [-0.39, 0.29) is 29.8 Å². The fourth-order valence-corrected chi connectivity index (χ4v) is 3.31. The highest BCUT2D eigenvalue weighted by atomic mass is 19.4. The summed E-state index contributed by atoms with van der Waals surface area (Å²) in [5.74, 6) is -1.21. The predicted octanol–water partition coefficient (Wildman–Crippen LogP) is 2.53. The molecule has 8 nitrogen and oxygen atoms in total. The number of carboxylic acids is 1. The molecule has 29 heavy (non-hydrogen) atoms. The van der Waals surface area contributed by atoms with Crippen LogP contribution in [0.2, 0.25) is 0 Å². The van der Waals surface area contributed by atoms with Gasteiger partial charge >= 0.3 is 12.1 Å². The first-order valence-electron chi connectivity index (χ1n) is 8.96. The van der Waals surface area contributed by atoms with Gasteiger partial charge in [-0.25, -0.2) is 4.98 Å². The van der Waals surface area contributed by atoms with E-state index < -0.39 is 23.5 Å². The Balaban J connectivity index is 1.75. The average Bonchev–Trinajstić information content (AvgIpc) is 2.61. The quantitative estimate of drug-likeness (QED) is 0.688. The Hall–Kier alpha value is -2.95. The number of phenols is 1. The van der Waals surface area contributed by atoms with Crippen molar-refractivity contribution in [3.8, 4) is 17.0 Å². The lowest BCUT2D eigenvalue weighted by Crippen LogP contribution is -2.44. The first-order valence-corrected chi connectivity index (χ1v) is 8.96. The number of alkyl halides is 3. The first-order chi connectivity index (χ1) is 13.6. The van der Waals surface area contributed by atoms with E-state index >= 15 is 0 Å². The van der Waals surface area contributed by atoms with Crippen molar-refractivity contribution < 1.29 is 28.2 Å². The summed E-state index contributed by atoms with van der Waals surface area (Å²) in [5.41, 5.74) is -0.292. The number of aromatic hydroxyl groups is 1. The third-order valence-electron chi connectivity index (χ3n) is 4.64. The molecule has 0 radical (unpaired) electrons. The molecule has 3 rings (SSSR count). The minimum atomic E-state index is -4.56. The normalized spacial score (nSPS) is 17.9. The van der Waals surface area contributed by atoms with Crippen molar-refractivity contribution in [2.24, 2.45) is 0 Å². The number of aliphatic carboxylic acids is 1. The Morgan fingerprint density at radius 2 is 2.10 bits per heavy atom. The van der Waals surface area contributed by atoms with E-state index in [2.05, 4.69) is 20.5 Å². The van der Waals surface area contributed by atoms with Crippen LogP contribution in [0.4, 0.5) is 19.1 Å². The van der Waals surface area contributed by atoms with Gasteiger partial charge in [0, 0.05) is 18.2 Å². The van der Waals surface area contributed by atoms with Crippen LogP contribution in [0.1, 0.15) is 24.1 Å². The summed E-state index contributed by atoms with van der Waals surface area (Å²) in [6.45, 7) is 2.80. The van der Waals surface area contributed by atoms with Crippen LogP contribution >= 0.6 is 0 Å². The SMILES string of the molecule is Cc1nc(NC2CCCN(CC(=O)O)C2)nnc1-c1ccc(C(F)(F)F)cc1O. The summed E-state index contributed by atoms with van der Waals surface area (Å²) < 4.78 is 38.3. The summed E-state index contributed by atoms with van der Waals surface area (Å²) in [6, 6.07) is 2.59. The van der Waals surface area contributed by atoms with Gasteiger partial charge in [0.15, 0.2) is 0 Å². The number of nitrogens with one attached hydrogen (secondary N) is 1. The number of nitrogens with zero attached hydrogens (tertiary/aromatic N) is 4. The Kier molecular flexibility index (Phi) is 5.87. The molecule has 11 heteroatoms. The van der Waals surface area contributed by atoms with Crippen molar-refractivity contribution in [1.29, 1.82) is 0 Å². The van der Waals surface area contributed by atoms with Gasteiger partial charge in [-0.2, -0.15) is 13.2 Å². The van der Waals surface area contributed by atoms with Crippen LogP contribution in [0, 0.1) is 6.92 Å². The highest BCUT2D eigenvalue weighted by Gasteiger charge is 2.31. The first kappa shape index (κ1) is 20.8. The molecule has 0 bridgehead atoms. The molecule has 1 aromatic carbocycles. The second-order valence-electron chi connectivity index (χ2n) is 6.91. The molecule has 2 aromatic rings. The number of carboxylic acid groups (broad SMARTS) is 1. The summed E-state index contributed by atoms with van der Waals surface area (Å²) in [7, 11) is 0. The summed E-state index contributed by atoms with van der Waals surface area (Å²) in [6.07, 6.45) is -2.91. The molecule has 1 unspecified atom stereocenters. The lowest BCUT2D eigenvalue weighted by Gasteiger charge is -2.31. The molecule has 0 spiro atoms. The molecule has 2 heterocycles. The smallest absolute Gasteiger partial charge is 0.416 e. The van der Waals surface area contributed by atoms with E-state index in [0.717, 1.165) is 25.0 Å². The van der Waals surface area contributed by atoms with Crippen LogP contribution in [0.5, 0.6) is 5.75 Å². The Bertz CT molecular complexity index is 907. The second kappa shape index (κ2) is 8.19. The predicted molar refractivity (Wildman–Crippen MR) is 97.4 cm³/mol. The van der Waals surface area contributed by atoms with Gasteiger partial charge in [0.1, 0.15) is 11.4 Å². The number of halogens is 3. The van der Waals surface area contributed by atoms with Crippen molar-refractivity contribution in [2.45, 2.75) is 32.0 Å². The van der Waals surface area contributed by atoms with E-state index in [4.69, 9.17) is 5.11 Å². The number of anilines is 1. The number of phenolic OH excluding ortho intramolecular Hbond substituents is 1. The highest BCUT2D eigenvalue weighted by molar-refractivity contribution is 5.69. The number of hydrogen-bond acceptors (Lipinski definition) is 7. The van der Waals surface area contributed by atoms with Crippen molar-refractivity contribution in [2.75, 3.05) is 25.0 Å². The fraction of sp³-hybridized carbons (Fsp3) is 0.444. The highest BCUT2D eigenvalue weighted by Crippen LogP contribution is 2.36. The van der Waals surface area contributed by atoms with E-state index in [9.17, 15) is 23.1 Å². The van der Waals surface area contributed by atoms with Gasteiger partial charge in [0.05, 0.1) is 17.8 Å². The minimum Gasteiger partial charge on any atom is -0.507 e.